The smallest absolute Gasteiger partial charge is 0.354 e. The average molecular weight is 276 g/mol. The maximum atomic E-state index is 12.4. The molecule has 0 aromatic carbocycles. The third kappa shape index (κ3) is 3.15. The zero-order valence-electron chi connectivity index (χ0n) is 11.9. The zero-order valence-corrected chi connectivity index (χ0v) is 11.9. The van der Waals surface area contributed by atoms with Crippen LogP contribution in [0.2, 0.25) is 0 Å². The Labute approximate surface area is 118 Å². The van der Waals surface area contributed by atoms with E-state index in [9.17, 15) is 9.59 Å². The number of carbonyl (C=O) groups is 2. The van der Waals surface area contributed by atoms with Gasteiger partial charge >= 0.3 is 5.97 Å². The van der Waals surface area contributed by atoms with Crippen LogP contribution in [0.4, 0.5) is 0 Å². The van der Waals surface area contributed by atoms with E-state index in [0.717, 1.165) is 31.6 Å². The van der Waals surface area contributed by atoms with Crippen LogP contribution in [0.1, 0.15) is 53.6 Å². The van der Waals surface area contributed by atoms with Gasteiger partial charge in [-0.2, -0.15) is 0 Å². The topological polar surface area (TPSA) is 70.5 Å². The fourth-order valence-electron chi connectivity index (χ4n) is 2.65. The SMILES string of the molecule is CC1CCC(N(C)C(=O)c2cccc(C(=O)O)n2)CC1. The molecule has 1 heterocycles. The molecule has 0 bridgehead atoms. The number of aromatic carboxylic acids is 1. The minimum absolute atomic E-state index is 0.0958. The molecule has 1 aliphatic carbocycles. The molecule has 0 saturated heterocycles. The molecule has 0 atom stereocenters. The Morgan fingerprint density at radius 3 is 2.40 bits per heavy atom. The normalized spacial score (nSPS) is 22.3. The molecule has 5 heteroatoms. The van der Waals surface area contributed by atoms with E-state index in [0.29, 0.717) is 0 Å². The van der Waals surface area contributed by atoms with Crippen molar-refractivity contribution in [3.63, 3.8) is 0 Å². The van der Waals surface area contributed by atoms with Crippen LogP contribution in [-0.2, 0) is 0 Å². The lowest BCUT2D eigenvalue weighted by Gasteiger charge is -2.33. The van der Waals surface area contributed by atoms with Crippen molar-refractivity contribution in [1.82, 2.24) is 9.88 Å². The van der Waals surface area contributed by atoms with Crippen LogP contribution in [-0.4, -0.2) is 40.0 Å². The standard InChI is InChI=1S/C15H20N2O3/c1-10-6-8-11(9-7-10)17(2)14(18)12-4-3-5-13(16-12)15(19)20/h3-5,10-11H,6-9H2,1-2H3,(H,19,20). The lowest BCUT2D eigenvalue weighted by atomic mass is 9.86. The highest BCUT2D eigenvalue weighted by molar-refractivity contribution is 5.94. The third-order valence-corrected chi connectivity index (χ3v) is 4.04. The summed E-state index contributed by atoms with van der Waals surface area (Å²) >= 11 is 0. The highest BCUT2D eigenvalue weighted by atomic mass is 16.4. The Hall–Kier alpha value is -1.91. The molecule has 1 N–H and O–H groups in total. The molecule has 1 saturated carbocycles. The predicted octanol–water partition coefficient (Wildman–Crippen LogP) is 2.43. The van der Waals surface area contributed by atoms with Gasteiger partial charge in [0.25, 0.3) is 5.91 Å². The van der Waals surface area contributed by atoms with E-state index in [1.54, 1.807) is 24.1 Å². The summed E-state index contributed by atoms with van der Waals surface area (Å²) in [5.41, 5.74) is 0.104. The van der Waals surface area contributed by atoms with Gasteiger partial charge in [0.05, 0.1) is 0 Å². The van der Waals surface area contributed by atoms with E-state index in [2.05, 4.69) is 11.9 Å². The molecule has 1 fully saturated rings. The molecule has 1 aliphatic rings. The Bertz CT molecular complexity index is 508. The number of amides is 1. The summed E-state index contributed by atoms with van der Waals surface area (Å²) < 4.78 is 0. The van der Waals surface area contributed by atoms with Crippen LogP contribution >= 0.6 is 0 Å². The van der Waals surface area contributed by atoms with Crippen molar-refractivity contribution in [1.29, 1.82) is 0 Å². The lowest BCUT2D eigenvalue weighted by molar-refractivity contribution is 0.0671. The molecular formula is C15H20N2O3. The van der Waals surface area contributed by atoms with Crippen molar-refractivity contribution in [2.45, 2.75) is 38.6 Å². The van der Waals surface area contributed by atoms with E-state index in [4.69, 9.17) is 5.11 Å². The number of carboxylic acid groups (broad SMARTS) is 1. The molecule has 20 heavy (non-hydrogen) atoms. The second-order valence-corrected chi connectivity index (χ2v) is 5.54. The van der Waals surface area contributed by atoms with Gasteiger partial charge in [0.2, 0.25) is 0 Å². The number of carboxylic acids is 1. The molecular weight excluding hydrogens is 256 g/mol. The summed E-state index contributed by atoms with van der Waals surface area (Å²) in [7, 11) is 1.78. The number of hydrogen-bond acceptors (Lipinski definition) is 3. The first-order valence-corrected chi connectivity index (χ1v) is 6.96. The zero-order chi connectivity index (χ0) is 14.7. The molecule has 0 radical (unpaired) electrons. The Morgan fingerprint density at radius 1 is 1.20 bits per heavy atom. The van der Waals surface area contributed by atoms with E-state index >= 15 is 0 Å². The van der Waals surface area contributed by atoms with Gasteiger partial charge < -0.3 is 10.0 Å². The molecule has 1 aromatic heterocycles. The van der Waals surface area contributed by atoms with Crippen LogP contribution in [0.5, 0.6) is 0 Å². The number of aromatic nitrogens is 1. The first-order chi connectivity index (χ1) is 9.49. The minimum atomic E-state index is -1.12. The van der Waals surface area contributed by atoms with Gasteiger partial charge in [-0.15, -0.1) is 0 Å². The second kappa shape index (κ2) is 6.03. The maximum absolute atomic E-state index is 12.4. The number of rotatable bonds is 3. The summed E-state index contributed by atoms with van der Waals surface area (Å²) in [6, 6.07) is 4.74. The number of pyridine rings is 1. The predicted molar refractivity (Wildman–Crippen MR) is 74.7 cm³/mol. The van der Waals surface area contributed by atoms with Crippen molar-refractivity contribution in [2.75, 3.05) is 7.05 Å². The van der Waals surface area contributed by atoms with Crippen molar-refractivity contribution in [2.24, 2.45) is 5.92 Å². The van der Waals surface area contributed by atoms with Gasteiger partial charge in [0, 0.05) is 13.1 Å². The van der Waals surface area contributed by atoms with Crippen LogP contribution in [0, 0.1) is 5.92 Å². The van der Waals surface area contributed by atoms with Crippen molar-refractivity contribution < 1.29 is 14.7 Å². The van der Waals surface area contributed by atoms with Crippen LogP contribution in [0.15, 0.2) is 18.2 Å². The number of carbonyl (C=O) groups excluding carboxylic acids is 1. The molecule has 108 valence electrons. The highest BCUT2D eigenvalue weighted by Gasteiger charge is 2.26. The van der Waals surface area contributed by atoms with Crippen LogP contribution in [0.25, 0.3) is 0 Å². The first kappa shape index (κ1) is 14.5. The highest BCUT2D eigenvalue weighted by Crippen LogP contribution is 2.27. The van der Waals surface area contributed by atoms with Crippen molar-refractivity contribution in [3.8, 4) is 0 Å². The van der Waals surface area contributed by atoms with Gasteiger partial charge in [-0.1, -0.05) is 13.0 Å². The molecule has 0 unspecified atom stereocenters. The summed E-state index contributed by atoms with van der Waals surface area (Å²) in [5, 5.41) is 8.92. The van der Waals surface area contributed by atoms with Crippen molar-refractivity contribution >= 4 is 11.9 Å². The van der Waals surface area contributed by atoms with Gasteiger partial charge in [-0.05, 0) is 43.7 Å². The Kier molecular flexibility index (Phi) is 4.37. The van der Waals surface area contributed by atoms with Gasteiger partial charge in [0.15, 0.2) is 0 Å². The fraction of sp³-hybridized carbons (Fsp3) is 0.533. The molecule has 1 aromatic rings. The molecule has 0 spiro atoms. The van der Waals surface area contributed by atoms with Crippen LogP contribution < -0.4 is 0 Å². The fourth-order valence-corrected chi connectivity index (χ4v) is 2.65. The largest absolute Gasteiger partial charge is 0.477 e. The molecule has 1 amide bonds. The first-order valence-electron chi connectivity index (χ1n) is 6.96. The molecule has 2 rings (SSSR count). The molecule has 0 aliphatic heterocycles. The van der Waals surface area contributed by atoms with Gasteiger partial charge in [-0.25, -0.2) is 9.78 Å². The summed E-state index contributed by atoms with van der Waals surface area (Å²) in [4.78, 5) is 28.9. The van der Waals surface area contributed by atoms with Gasteiger partial charge in [-0.3, -0.25) is 4.79 Å². The Morgan fingerprint density at radius 2 is 1.80 bits per heavy atom. The van der Waals surface area contributed by atoms with E-state index in [1.807, 2.05) is 0 Å². The van der Waals surface area contributed by atoms with Gasteiger partial charge in [0.1, 0.15) is 11.4 Å². The van der Waals surface area contributed by atoms with E-state index in [1.165, 1.54) is 6.07 Å². The second-order valence-electron chi connectivity index (χ2n) is 5.54. The average Bonchev–Trinajstić information content (AvgIpc) is 2.46. The Balaban J connectivity index is 2.10. The van der Waals surface area contributed by atoms with E-state index < -0.39 is 5.97 Å². The monoisotopic (exact) mass is 276 g/mol. The van der Waals surface area contributed by atoms with Crippen LogP contribution in [0.3, 0.4) is 0 Å². The lowest BCUT2D eigenvalue weighted by Crippen LogP contribution is -2.39. The molecule has 5 nitrogen and oxygen atoms in total. The number of hydrogen-bond donors (Lipinski definition) is 1. The quantitative estimate of drug-likeness (QED) is 0.920. The minimum Gasteiger partial charge on any atom is -0.477 e. The number of nitrogens with zero attached hydrogens (tertiary/aromatic N) is 2. The summed E-state index contributed by atoms with van der Waals surface area (Å²) in [6.07, 6.45) is 4.26. The summed E-state index contributed by atoms with van der Waals surface area (Å²) in [6.45, 7) is 2.23. The maximum Gasteiger partial charge on any atom is 0.354 e. The van der Waals surface area contributed by atoms with E-state index in [-0.39, 0.29) is 23.3 Å². The van der Waals surface area contributed by atoms with Crippen molar-refractivity contribution in [3.05, 3.63) is 29.6 Å². The third-order valence-electron chi connectivity index (χ3n) is 4.04. The summed E-state index contributed by atoms with van der Waals surface area (Å²) in [5.74, 6) is -0.593.